The summed E-state index contributed by atoms with van der Waals surface area (Å²) in [5.74, 6) is 0.206. The largest absolute Gasteiger partial charge is 0.353 e. The van der Waals surface area contributed by atoms with Gasteiger partial charge >= 0.3 is 0 Å². The van der Waals surface area contributed by atoms with Crippen LogP contribution in [0.1, 0.15) is 23.7 Å². The maximum absolute atomic E-state index is 11.0. The molecule has 15 heavy (non-hydrogen) atoms. The molecular weight excluding hydrogens is 214 g/mol. The standard InChI is InChI=1S/C10H15NO3S/c1-9(12)10-4-6-11(8-10)5-3-7-15(2,13)14/h4,6,8H,3,5,7H2,1-2H3. The van der Waals surface area contributed by atoms with Crippen LogP contribution in [0, 0.1) is 0 Å². The normalized spacial score (nSPS) is 11.6. The van der Waals surface area contributed by atoms with Crippen molar-refractivity contribution in [2.24, 2.45) is 0 Å². The van der Waals surface area contributed by atoms with E-state index in [2.05, 4.69) is 0 Å². The van der Waals surface area contributed by atoms with Crippen molar-refractivity contribution in [3.05, 3.63) is 24.0 Å². The fourth-order valence-corrected chi connectivity index (χ4v) is 1.95. The lowest BCUT2D eigenvalue weighted by Gasteiger charge is -2.01. The van der Waals surface area contributed by atoms with Gasteiger partial charge in [0.15, 0.2) is 5.78 Å². The summed E-state index contributed by atoms with van der Waals surface area (Å²) < 4.78 is 23.6. The minimum atomic E-state index is -2.88. The highest BCUT2D eigenvalue weighted by Crippen LogP contribution is 2.03. The van der Waals surface area contributed by atoms with Crippen molar-refractivity contribution in [1.82, 2.24) is 4.57 Å². The van der Waals surface area contributed by atoms with Crippen LogP contribution in [0.25, 0.3) is 0 Å². The van der Waals surface area contributed by atoms with Crippen LogP contribution in [0.15, 0.2) is 18.5 Å². The number of carbonyl (C=O) groups is 1. The second kappa shape index (κ2) is 4.61. The van der Waals surface area contributed by atoms with Gasteiger partial charge in [-0.25, -0.2) is 8.42 Å². The average Bonchev–Trinajstić information content (AvgIpc) is 2.50. The number of nitrogens with zero attached hydrogens (tertiary/aromatic N) is 1. The zero-order valence-electron chi connectivity index (χ0n) is 8.93. The van der Waals surface area contributed by atoms with Gasteiger partial charge in [-0.15, -0.1) is 0 Å². The van der Waals surface area contributed by atoms with Crippen LogP contribution in [0.4, 0.5) is 0 Å². The van der Waals surface area contributed by atoms with Crippen LogP contribution in [-0.4, -0.2) is 30.8 Å². The van der Waals surface area contributed by atoms with Crippen LogP contribution in [0.3, 0.4) is 0 Å². The van der Waals surface area contributed by atoms with Crippen LogP contribution < -0.4 is 0 Å². The summed E-state index contributed by atoms with van der Waals surface area (Å²) in [6.45, 7) is 2.14. The quantitative estimate of drug-likeness (QED) is 0.711. The Morgan fingerprint density at radius 3 is 2.60 bits per heavy atom. The van der Waals surface area contributed by atoms with Gasteiger partial charge in [-0.05, 0) is 19.4 Å². The number of rotatable bonds is 5. The summed E-state index contributed by atoms with van der Waals surface area (Å²) in [6.07, 6.45) is 5.33. The Labute approximate surface area is 89.8 Å². The van der Waals surface area contributed by atoms with Crippen molar-refractivity contribution in [2.45, 2.75) is 19.9 Å². The molecule has 1 heterocycles. The number of sulfone groups is 1. The highest BCUT2D eigenvalue weighted by Gasteiger charge is 2.04. The van der Waals surface area contributed by atoms with E-state index in [1.165, 1.54) is 13.2 Å². The van der Waals surface area contributed by atoms with Crippen molar-refractivity contribution in [3.8, 4) is 0 Å². The maximum atomic E-state index is 11.0. The van der Waals surface area contributed by atoms with Gasteiger partial charge < -0.3 is 4.57 Å². The first kappa shape index (κ1) is 12.0. The van der Waals surface area contributed by atoms with E-state index in [0.717, 1.165) is 0 Å². The molecule has 0 aliphatic rings. The predicted molar refractivity (Wildman–Crippen MR) is 58.8 cm³/mol. The number of ketones is 1. The van der Waals surface area contributed by atoms with E-state index in [4.69, 9.17) is 0 Å². The summed E-state index contributed by atoms with van der Waals surface area (Å²) in [6, 6.07) is 1.74. The molecule has 0 aliphatic carbocycles. The molecular formula is C10H15NO3S. The third kappa shape index (κ3) is 4.29. The Hall–Kier alpha value is -1.10. The Bertz CT molecular complexity index is 445. The second-order valence-corrected chi connectivity index (χ2v) is 5.94. The SMILES string of the molecule is CC(=O)c1ccn(CCCS(C)(=O)=O)c1. The van der Waals surface area contributed by atoms with Gasteiger partial charge in [0.2, 0.25) is 0 Å². The topological polar surface area (TPSA) is 56.1 Å². The third-order valence-electron chi connectivity index (χ3n) is 2.09. The smallest absolute Gasteiger partial charge is 0.161 e. The molecule has 1 rings (SSSR count). The first-order valence-corrected chi connectivity index (χ1v) is 6.79. The van der Waals surface area contributed by atoms with Crippen LogP contribution in [0.5, 0.6) is 0 Å². The molecule has 0 fully saturated rings. The van der Waals surface area contributed by atoms with E-state index in [0.29, 0.717) is 18.5 Å². The van der Waals surface area contributed by atoms with Gasteiger partial charge in [0.25, 0.3) is 0 Å². The van der Waals surface area contributed by atoms with Gasteiger partial charge in [0.05, 0.1) is 5.75 Å². The van der Waals surface area contributed by atoms with Crippen LogP contribution in [-0.2, 0) is 16.4 Å². The molecule has 0 saturated carbocycles. The van der Waals surface area contributed by atoms with Crippen molar-refractivity contribution in [1.29, 1.82) is 0 Å². The fraction of sp³-hybridized carbons (Fsp3) is 0.500. The van der Waals surface area contributed by atoms with Gasteiger partial charge in [-0.2, -0.15) is 0 Å². The van der Waals surface area contributed by atoms with Crippen molar-refractivity contribution < 1.29 is 13.2 Å². The highest BCUT2D eigenvalue weighted by molar-refractivity contribution is 7.90. The molecule has 84 valence electrons. The second-order valence-electron chi connectivity index (χ2n) is 3.68. The summed E-state index contributed by atoms with van der Waals surface area (Å²) in [4.78, 5) is 11.0. The Balaban J connectivity index is 2.48. The number of hydrogen-bond donors (Lipinski definition) is 0. The number of Topliss-reactive ketones (excluding diaryl/α,β-unsaturated/α-hetero) is 1. The minimum absolute atomic E-state index is 0.0249. The van der Waals surface area contributed by atoms with E-state index in [1.54, 1.807) is 18.5 Å². The van der Waals surface area contributed by atoms with Gasteiger partial charge in [-0.1, -0.05) is 0 Å². The zero-order valence-corrected chi connectivity index (χ0v) is 9.75. The molecule has 0 saturated heterocycles. The molecule has 0 bridgehead atoms. The molecule has 0 aromatic carbocycles. The summed E-state index contributed by atoms with van der Waals surface area (Å²) >= 11 is 0. The molecule has 5 heteroatoms. The number of aryl methyl sites for hydroxylation is 1. The van der Waals surface area contributed by atoms with E-state index < -0.39 is 9.84 Å². The van der Waals surface area contributed by atoms with E-state index in [9.17, 15) is 13.2 Å². The van der Waals surface area contributed by atoms with Gasteiger partial charge in [-0.3, -0.25) is 4.79 Å². The molecule has 0 atom stereocenters. The van der Waals surface area contributed by atoms with E-state index in [-0.39, 0.29) is 11.5 Å². The lowest BCUT2D eigenvalue weighted by molar-refractivity contribution is 0.101. The Morgan fingerprint density at radius 2 is 2.13 bits per heavy atom. The van der Waals surface area contributed by atoms with Crippen molar-refractivity contribution >= 4 is 15.6 Å². The van der Waals surface area contributed by atoms with Crippen LogP contribution >= 0.6 is 0 Å². The third-order valence-corrected chi connectivity index (χ3v) is 3.12. The molecule has 0 unspecified atom stereocenters. The average molecular weight is 229 g/mol. The molecule has 0 aliphatic heterocycles. The molecule has 1 aromatic rings. The number of aromatic nitrogens is 1. The Kier molecular flexibility index (Phi) is 3.68. The van der Waals surface area contributed by atoms with E-state index >= 15 is 0 Å². The highest BCUT2D eigenvalue weighted by atomic mass is 32.2. The summed E-state index contributed by atoms with van der Waals surface area (Å²) in [5, 5.41) is 0. The fourth-order valence-electron chi connectivity index (χ4n) is 1.30. The molecule has 0 N–H and O–H groups in total. The van der Waals surface area contributed by atoms with Gasteiger partial charge in [0.1, 0.15) is 9.84 Å². The number of hydrogen-bond acceptors (Lipinski definition) is 3. The maximum Gasteiger partial charge on any atom is 0.161 e. The van der Waals surface area contributed by atoms with Crippen LogP contribution in [0.2, 0.25) is 0 Å². The molecule has 0 spiro atoms. The first-order chi connectivity index (χ1) is 6.88. The lowest BCUT2D eigenvalue weighted by Crippen LogP contribution is -2.06. The zero-order chi connectivity index (χ0) is 11.5. The van der Waals surface area contributed by atoms with Crippen molar-refractivity contribution in [2.75, 3.05) is 12.0 Å². The number of carbonyl (C=O) groups excluding carboxylic acids is 1. The first-order valence-electron chi connectivity index (χ1n) is 4.73. The Morgan fingerprint density at radius 1 is 1.47 bits per heavy atom. The van der Waals surface area contributed by atoms with Crippen molar-refractivity contribution in [3.63, 3.8) is 0 Å². The molecule has 1 aromatic heterocycles. The molecule has 0 amide bonds. The summed E-state index contributed by atoms with van der Waals surface area (Å²) in [7, 11) is -2.88. The monoisotopic (exact) mass is 229 g/mol. The molecule has 0 radical (unpaired) electrons. The lowest BCUT2D eigenvalue weighted by atomic mass is 10.2. The summed E-state index contributed by atoms with van der Waals surface area (Å²) in [5.41, 5.74) is 0.661. The van der Waals surface area contributed by atoms with Gasteiger partial charge in [0, 0.05) is 30.8 Å². The minimum Gasteiger partial charge on any atom is -0.353 e. The van der Waals surface area contributed by atoms with E-state index in [1.807, 2.05) is 4.57 Å². The molecule has 4 nitrogen and oxygen atoms in total. The predicted octanol–water partition coefficient (Wildman–Crippen LogP) is 1.13.